The number of nitrogens with one attached hydrogen (secondary N) is 1. The molecule has 26 heavy (non-hydrogen) atoms. The quantitative estimate of drug-likeness (QED) is 0.672. The number of anilines is 1. The number of nitrogens with zero attached hydrogens (tertiary/aromatic N) is 1. The summed E-state index contributed by atoms with van der Waals surface area (Å²) in [4.78, 5) is 28.1. The smallest absolute Gasteiger partial charge is 0.338 e. The van der Waals surface area contributed by atoms with Gasteiger partial charge in [0, 0.05) is 10.9 Å². The fourth-order valence-electron chi connectivity index (χ4n) is 2.19. The molecule has 3 rings (SSSR count). The van der Waals surface area contributed by atoms with Gasteiger partial charge in [0.15, 0.2) is 11.7 Å². The van der Waals surface area contributed by atoms with Crippen molar-refractivity contribution in [2.75, 3.05) is 11.9 Å². The highest BCUT2D eigenvalue weighted by atomic mass is 32.1. The number of aryl methyl sites for hydroxylation is 1. The zero-order valence-corrected chi connectivity index (χ0v) is 14.7. The van der Waals surface area contributed by atoms with Gasteiger partial charge in [-0.25, -0.2) is 9.78 Å². The standard InChI is InChI=1S/C19H16N2O4S/c1-12-5-7-13(8-6-12)16-11-26-19(20-16)21-17(23)10-25-18(24)14-3-2-4-15(22)9-14/h2-9,11,22H,10H2,1H3,(H,20,21,23). The van der Waals surface area contributed by atoms with E-state index in [-0.39, 0.29) is 11.3 Å². The maximum absolute atomic E-state index is 11.9. The van der Waals surface area contributed by atoms with Crippen LogP contribution in [0.25, 0.3) is 11.3 Å². The zero-order chi connectivity index (χ0) is 18.5. The van der Waals surface area contributed by atoms with Crippen LogP contribution < -0.4 is 5.32 Å². The Morgan fingerprint density at radius 3 is 2.69 bits per heavy atom. The number of carbonyl (C=O) groups is 2. The molecule has 6 nitrogen and oxygen atoms in total. The average Bonchev–Trinajstić information content (AvgIpc) is 3.08. The van der Waals surface area contributed by atoms with Gasteiger partial charge in [-0.1, -0.05) is 35.9 Å². The van der Waals surface area contributed by atoms with Crippen LogP contribution in [-0.2, 0) is 9.53 Å². The number of phenols is 1. The third kappa shape index (κ3) is 4.46. The Balaban J connectivity index is 1.55. The third-order valence-electron chi connectivity index (χ3n) is 3.51. The van der Waals surface area contributed by atoms with Gasteiger partial charge < -0.3 is 9.84 Å². The molecule has 1 aromatic heterocycles. The Morgan fingerprint density at radius 2 is 1.96 bits per heavy atom. The molecule has 132 valence electrons. The molecule has 0 aliphatic carbocycles. The Morgan fingerprint density at radius 1 is 1.19 bits per heavy atom. The zero-order valence-electron chi connectivity index (χ0n) is 13.9. The van der Waals surface area contributed by atoms with E-state index in [0.29, 0.717) is 5.13 Å². The number of thiazole rings is 1. The second-order valence-electron chi connectivity index (χ2n) is 5.58. The molecule has 0 spiro atoms. The number of aromatic hydroxyl groups is 1. The molecule has 0 aliphatic heterocycles. The third-order valence-corrected chi connectivity index (χ3v) is 4.27. The number of hydrogen-bond donors (Lipinski definition) is 2. The van der Waals surface area contributed by atoms with E-state index in [1.165, 1.54) is 35.6 Å². The Labute approximate surface area is 154 Å². The van der Waals surface area contributed by atoms with E-state index in [9.17, 15) is 14.7 Å². The fraction of sp³-hybridized carbons (Fsp3) is 0.105. The van der Waals surface area contributed by atoms with Crippen LogP contribution in [0.2, 0.25) is 0 Å². The summed E-state index contributed by atoms with van der Waals surface area (Å²) < 4.78 is 4.94. The van der Waals surface area contributed by atoms with Crippen LogP contribution in [-0.4, -0.2) is 28.6 Å². The molecule has 0 fully saturated rings. The van der Waals surface area contributed by atoms with Crippen LogP contribution in [0, 0.1) is 6.92 Å². The number of ether oxygens (including phenoxy) is 1. The minimum Gasteiger partial charge on any atom is -0.508 e. The molecule has 7 heteroatoms. The van der Waals surface area contributed by atoms with Crippen LogP contribution in [0.3, 0.4) is 0 Å². The molecule has 0 aliphatic rings. The van der Waals surface area contributed by atoms with Gasteiger partial charge in [0.25, 0.3) is 5.91 Å². The number of benzene rings is 2. The summed E-state index contributed by atoms with van der Waals surface area (Å²) in [6.45, 7) is 1.57. The number of carbonyl (C=O) groups excluding carboxylic acids is 2. The van der Waals surface area contributed by atoms with E-state index in [2.05, 4.69) is 10.3 Å². The molecular weight excluding hydrogens is 352 g/mol. The van der Waals surface area contributed by atoms with Gasteiger partial charge in [-0.15, -0.1) is 11.3 Å². The molecule has 1 heterocycles. The summed E-state index contributed by atoms with van der Waals surface area (Å²) in [6.07, 6.45) is 0. The van der Waals surface area contributed by atoms with Gasteiger partial charge >= 0.3 is 5.97 Å². The summed E-state index contributed by atoms with van der Waals surface area (Å²) in [5.41, 5.74) is 3.06. The van der Waals surface area contributed by atoms with E-state index < -0.39 is 18.5 Å². The largest absolute Gasteiger partial charge is 0.508 e. The Bertz CT molecular complexity index is 935. The highest BCUT2D eigenvalue weighted by molar-refractivity contribution is 7.14. The summed E-state index contributed by atoms with van der Waals surface area (Å²) in [5.74, 6) is -1.21. The Kier molecular flexibility index (Phi) is 5.28. The minimum absolute atomic E-state index is 0.0460. The first-order chi connectivity index (χ1) is 12.5. The van der Waals surface area contributed by atoms with Gasteiger partial charge in [-0.2, -0.15) is 0 Å². The number of amides is 1. The highest BCUT2D eigenvalue weighted by Gasteiger charge is 2.12. The van der Waals surface area contributed by atoms with Gasteiger partial charge in [-0.3, -0.25) is 10.1 Å². The molecule has 1 amide bonds. The molecule has 3 aromatic rings. The molecule has 0 bridgehead atoms. The average molecular weight is 368 g/mol. The molecule has 0 saturated carbocycles. The van der Waals surface area contributed by atoms with Crippen molar-refractivity contribution in [1.29, 1.82) is 0 Å². The highest BCUT2D eigenvalue weighted by Crippen LogP contribution is 2.25. The number of rotatable bonds is 5. The van der Waals surface area contributed by atoms with Crippen molar-refractivity contribution in [2.24, 2.45) is 0 Å². The topological polar surface area (TPSA) is 88.5 Å². The number of phenolic OH excluding ortho intramolecular Hbond substituents is 1. The van der Waals surface area contributed by atoms with Crippen LogP contribution >= 0.6 is 11.3 Å². The van der Waals surface area contributed by atoms with Gasteiger partial charge in [0.2, 0.25) is 0 Å². The van der Waals surface area contributed by atoms with Gasteiger partial charge in [0.1, 0.15) is 5.75 Å². The van der Waals surface area contributed by atoms with Crippen molar-refractivity contribution in [3.8, 4) is 17.0 Å². The Hall–Kier alpha value is -3.19. The maximum Gasteiger partial charge on any atom is 0.338 e. The first-order valence-corrected chi connectivity index (χ1v) is 8.68. The SMILES string of the molecule is Cc1ccc(-c2csc(NC(=O)COC(=O)c3cccc(O)c3)n2)cc1. The second-order valence-corrected chi connectivity index (χ2v) is 6.44. The number of esters is 1. The van der Waals surface area contributed by atoms with E-state index in [0.717, 1.165) is 16.8 Å². The lowest BCUT2D eigenvalue weighted by Crippen LogP contribution is -2.20. The molecule has 0 unspecified atom stereocenters. The first-order valence-electron chi connectivity index (χ1n) is 7.80. The van der Waals surface area contributed by atoms with Crippen molar-refractivity contribution in [3.63, 3.8) is 0 Å². The summed E-state index contributed by atoms with van der Waals surface area (Å²) in [7, 11) is 0. The van der Waals surface area contributed by atoms with Crippen molar-refractivity contribution < 1.29 is 19.4 Å². The summed E-state index contributed by atoms with van der Waals surface area (Å²) in [6, 6.07) is 13.6. The fourth-order valence-corrected chi connectivity index (χ4v) is 2.93. The molecular formula is C19H16N2O4S. The van der Waals surface area contributed by atoms with Crippen molar-refractivity contribution in [3.05, 3.63) is 65.0 Å². The van der Waals surface area contributed by atoms with Crippen molar-refractivity contribution in [2.45, 2.75) is 6.92 Å². The summed E-state index contributed by atoms with van der Waals surface area (Å²) >= 11 is 1.29. The predicted molar refractivity (Wildman–Crippen MR) is 99.3 cm³/mol. The maximum atomic E-state index is 11.9. The number of hydrogen-bond acceptors (Lipinski definition) is 6. The lowest BCUT2D eigenvalue weighted by atomic mass is 10.1. The first kappa shape index (κ1) is 17.6. The van der Waals surface area contributed by atoms with E-state index in [4.69, 9.17) is 4.74 Å². The number of aromatic nitrogens is 1. The van der Waals surface area contributed by atoms with Crippen LogP contribution in [0.5, 0.6) is 5.75 Å². The summed E-state index contributed by atoms with van der Waals surface area (Å²) in [5, 5.41) is 14.2. The molecule has 0 radical (unpaired) electrons. The lowest BCUT2D eigenvalue weighted by molar-refractivity contribution is -0.119. The molecule has 0 saturated heterocycles. The molecule has 2 aromatic carbocycles. The van der Waals surface area contributed by atoms with Crippen LogP contribution in [0.4, 0.5) is 5.13 Å². The second kappa shape index (κ2) is 7.79. The van der Waals surface area contributed by atoms with E-state index in [1.54, 1.807) is 0 Å². The van der Waals surface area contributed by atoms with Crippen molar-refractivity contribution in [1.82, 2.24) is 4.98 Å². The molecule has 0 atom stereocenters. The molecule has 2 N–H and O–H groups in total. The van der Waals surface area contributed by atoms with Gasteiger partial charge in [0.05, 0.1) is 11.3 Å². The normalized spacial score (nSPS) is 10.3. The predicted octanol–water partition coefficient (Wildman–Crippen LogP) is 3.62. The van der Waals surface area contributed by atoms with Crippen molar-refractivity contribution >= 4 is 28.3 Å². The van der Waals surface area contributed by atoms with Gasteiger partial charge in [-0.05, 0) is 25.1 Å². The van der Waals surface area contributed by atoms with Crippen LogP contribution in [0.1, 0.15) is 15.9 Å². The van der Waals surface area contributed by atoms with E-state index in [1.807, 2.05) is 36.6 Å². The monoisotopic (exact) mass is 368 g/mol. The minimum atomic E-state index is -0.685. The van der Waals surface area contributed by atoms with E-state index >= 15 is 0 Å². The lowest BCUT2D eigenvalue weighted by Gasteiger charge is -2.05. The van der Waals surface area contributed by atoms with Crippen LogP contribution in [0.15, 0.2) is 53.9 Å².